The molecule has 0 aromatic carbocycles. The highest BCUT2D eigenvalue weighted by molar-refractivity contribution is 5.97. The van der Waals surface area contributed by atoms with Crippen molar-refractivity contribution in [1.29, 1.82) is 0 Å². The Labute approximate surface area is 130 Å². The summed E-state index contributed by atoms with van der Waals surface area (Å²) in [6, 6.07) is 1.78. The molecule has 1 aromatic rings. The van der Waals surface area contributed by atoms with E-state index >= 15 is 0 Å². The number of aryl methyl sites for hydroxylation is 2. The molecule has 1 aliphatic heterocycles. The Bertz CT molecular complexity index is 561. The average Bonchev–Trinajstić information content (AvgIpc) is 3.15. The number of hydrogen-bond acceptors (Lipinski definition) is 5. The van der Waals surface area contributed by atoms with E-state index in [0.29, 0.717) is 31.3 Å². The Hall–Kier alpha value is -1.66. The molecule has 1 N–H and O–H groups in total. The Morgan fingerprint density at radius 3 is 3.09 bits per heavy atom. The van der Waals surface area contributed by atoms with Gasteiger partial charge in [-0.1, -0.05) is 0 Å². The Balaban J connectivity index is 1.77. The molecule has 0 saturated carbocycles. The van der Waals surface area contributed by atoms with Gasteiger partial charge in [0, 0.05) is 12.3 Å². The number of ether oxygens (including phenoxy) is 3. The van der Waals surface area contributed by atoms with E-state index in [-0.39, 0.29) is 18.1 Å². The molecule has 3 rings (SSSR count). The monoisotopic (exact) mass is 306 g/mol. The van der Waals surface area contributed by atoms with Crippen LogP contribution in [0.4, 0.5) is 0 Å². The quantitative estimate of drug-likeness (QED) is 0.882. The van der Waals surface area contributed by atoms with E-state index in [1.165, 1.54) is 0 Å². The van der Waals surface area contributed by atoms with Crippen molar-refractivity contribution in [1.82, 2.24) is 10.3 Å². The van der Waals surface area contributed by atoms with Crippen LogP contribution in [0, 0.1) is 0 Å². The summed E-state index contributed by atoms with van der Waals surface area (Å²) >= 11 is 0. The van der Waals surface area contributed by atoms with E-state index in [9.17, 15) is 4.79 Å². The highest BCUT2D eigenvalue weighted by Crippen LogP contribution is 2.26. The van der Waals surface area contributed by atoms with Crippen molar-refractivity contribution in [3.8, 4) is 5.88 Å². The molecule has 1 aromatic heterocycles. The molecule has 120 valence electrons. The number of nitrogens with zero attached hydrogens (tertiary/aromatic N) is 1. The van der Waals surface area contributed by atoms with Gasteiger partial charge in [0.05, 0.1) is 26.4 Å². The predicted molar refractivity (Wildman–Crippen MR) is 80.3 cm³/mol. The third-order valence-corrected chi connectivity index (χ3v) is 4.18. The number of aromatic nitrogens is 1. The first-order valence-corrected chi connectivity index (χ1v) is 7.80. The Morgan fingerprint density at radius 2 is 2.32 bits per heavy atom. The summed E-state index contributed by atoms with van der Waals surface area (Å²) in [5.74, 6) is 0.212. The lowest BCUT2D eigenvalue weighted by molar-refractivity contribution is 0.0402. The third-order valence-electron chi connectivity index (χ3n) is 4.18. The molecule has 0 unspecified atom stereocenters. The second kappa shape index (κ2) is 6.62. The molecule has 0 bridgehead atoms. The lowest BCUT2D eigenvalue weighted by Gasteiger charge is -2.19. The minimum absolute atomic E-state index is 0.0951. The molecule has 1 amide bonds. The largest absolute Gasteiger partial charge is 0.480 e. The van der Waals surface area contributed by atoms with E-state index in [1.54, 1.807) is 7.11 Å². The van der Waals surface area contributed by atoms with Crippen LogP contribution in [0.15, 0.2) is 6.07 Å². The number of fused-ring (bicyclic) bond motifs is 1. The first kappa shape index (κ1) is 15.2. The highest BCUT2D eigenvalue weighted by Gasteiger charge is 2.31. The van der Waals surface area contributed by atoms with Gasteiger partial charge in [-0.2, -0.15) is 0 Å². The van der Waals surface area contributed by atoms with E-state index in [4.69, 9.17) is 14.2 Å². The van der Waals surface area contributed by atoms with Crippen molar-refractivity contribution in [3.05, 3.63) is 22.9 Å². The van der Waals surface area contributed by atoms with Crippen molar-refractivity contribution in [2.45, 2.75) is 38.3 Å². The maximum Gasteiger partial charge on any atom is 0.257 e. The average molecular weight is 306 g/mol. The van der Waals surface area contributed by atoms with Gasteiger partial charge < -0.3 is 19.5 Å². The zero-order chi connectivity index (χ0) is 15.5. The van der Waals surface area contributed by atoms with Gasteiger partial charge >= 0.3 is 0 Å². The number of methoxy groups -OCH3 is 1. The number of nitrogens with one attached hydrogen (secondary N) is 1. The highest BCUT2D eigenvalue weighted by atomic mass is 16.5. The van der Waals surface area contributed by atoms with Crippen LogP contribution in [0.3, 0.4) is 0 Å². The summed E-state index contributed by atoms with van der Waals surface area (Å²) < 4.78 is 16.3. The summed E-state index contributed by atoms with van der Waals surface area (Å²) in [5, 5.41) is 2.99. The molecule has 22 heavy (non-hydrogen) atoms. The normalized spacial score (nSPS) is 23.4. The van der Waals surface area contributed by atoms with Gasteiger partial charge in [0.2, 0.25) is 5.88 Å². The molecule has 2 heterocycles. The maximum atomic E-state index is 12.6. The minimum Gasteiger partial charge on any atom is -0.480 e. The fourth-order valence-corrected chi connectivity index (χ4v) is 3.07. The zero-order valence-corrected chi connectivity index (χ0v) is 13.1. The summed E-state index contributed by atoms with van der Waals surface area (Å²) in [4.78, 5) is 17.1. The summed E-state index contributed by atoms with van der Waals surface area (Å²) in [6.07, 6.45) is 2.92. The van der Waals surface area contributed by atoms with E-state index in [0.717, 1.165) is 30.5 Å². The smallest absolute Gasteiger partial charge is 0.257 e. The molecular weight excluding hydrogens is 284 g/mol. The second-order valence-electron chi connectivity index (χ2n) is 5.62. The molecule has 1 aliphatic carbocycles. The van der Waals surface area contributed by atoms with Crippen LogP contribution >= 0.6 is 0 Å². The fraction of sp³-hybridized carbons (Fsp3) is 0.625. The zero-order valence-electron chi connectivity index (χ0n) is 13.1. The number of pyridine rings is 1. The number of hydrogen-bond donors (Lipinski definition) is 1. The number of amides is 1. The fourth-order valence-electron chi connectivity index (χ4n) is 3.07. The molecule has 1 saturated heterocycles. The molecular formula is C16H22N2O4. The van der Waals surface area contributed by atoms with Gasteiger partial charge in [0.25, 0.3) is 5.91 Å². The number of rotatable bonds is 5. The lowest BCUT2D eigenvalue weighted by atomic mass is 10.1. The Morgan fingerprint density at radius 1 is 1.45 bits per heavy atom. The van der Waals surface area contributed by atoms with E-state index in [2.05, 4.69) is 10.3 Å². The molecule has 0 spiro atoms. The van der Waals surface area contributed by atoms with Gasteiger partial charge in [-0.3, -0.25) is 4.79 Å². The summed E-state index contributed by atoms with van der Waals surface area (Å²) in [7, 11) is 1.54. The van der Waals surface area contributed by atoms with Crippen molar-refractivity contribution >= 4 is 5.91 Å². The molecule has 2 aliphatic rings. The van der Waals surface area contributed by atoms with E-state index in [1.807, 2.05) is 13.0 Å². The third kappa shape index (κ3) is 2.94. The Kier molecular flexibility index (Phi) is 4.59. The minimum atomic E-state index is -0.181. The van der Waals surface area contributed by atoms with Crippen molar-refractivity contribution in [2.24, 2.45) is 0 Å². The van der Waals surface area contributed by atoms with Crippen LogP contribution in [0.2, 0.25) is 0 Å². The van der Waals surface area contributed by atoms with Crippen LogP contribution in [0.5, 0.6) is 5.88 Å². The van der Waals surface area contributed by atoms with Gasteiger partial charge in [0.15, 0.2) is 0 Å². The second-order valence-corrected chi connectivity index (χ2v) is 5.62. The summed E-state index contributed by atoms with van der Waals surface area (Å²) in [5.41, 5.74) is 2.69. The van der Waals surface area contributed by atoms with Crippen molar-refractivity contribution < 1.29 is 19.0 Å². The first-order chi connectivity index (χ1) is 10.7. The predicted octanol–water partition coefficient (Wildman–Crippen LogP) is 1.11. The van der Waals surface area contributed by atoms with Crippen molar-refractivity contribution in [2.75, 3.05) is 26.9 Å². The van der Waals surface area contributed by atoms with Gasteiger partial charge in [0.1, 0.15) is 11.7 Å². The van der Waals surface area contributed by atoms with Gasteiger partial charge in [-0.05, 0) is 37.8 Å². The standard InChI is InChI=1S/C16H22N2O4/c1-3-22-14-9-21-8-13(14)17-15(19)11-7-10-5-4-6-12(10)18-16(11)20-2/h7,13-14H,3-6,8-9H2,1-2H3,(H,17,19)/t13-,14-/m1/s1. The van der Waals surface area contributed by atoms with Crippen LogP contribution in [0.1, 0.15) is 35.0 Å². The van der Waals surface area contributed by atoms with Crippen LogP contribution in [-0.4, -0.2) is 50.0 Å². The lowest BCUT2D eigenvalue weighted by Crippen LogP contribution is -2.44. The van der Waals surface area contributed by atoms with Crippen molar-refractivity contribution in [3.63, 3.8) is 0 Å². The molecule has 2 atom stereocenters. The molecule has 1 fully saturated rings. The number of carbonyl (C=O) groups is 1. The van der Waals surface area contributed by atoms with E-state index < -0.39 is 0 Å². The van der Waals surface area contributed by atoms with Crippen LogP contribution < -0.4 is 10.1 Å². The first-order valence-electron chi connectivity index (χ1n) is 7.80. The molecule has 6 nitrogen and oxygen atoms in total. The molecule has 0 radical (unpaired) electrons. The topological polar surface area (TPSA) is 69.7 Å². The molecule has 6 heteroatoms. The maximum absolute atomic E-state index is 12.6. The van der Waals surface area contributed by atoms with Crippen LogP contribution in [0.25, 0.3) is 0 Å². The van der Waals surface area contributed by atoms with Gasteiger partial charge in [-0.15, -0.1) is 0 Å². The van der Waals surface area contributed by atoms with Gasteiger partial charge in [-0.25, -0.2) is 4.98 Å². The SMILES string of the molecule is CCO[C@@H]1COC[C@H]1NC(=O)c1cc2c(nc1OC)CCC2. The van der Waals surface area contributed by atoms with Crippen LogP contribution in [-0.2, 0) is 22.3 Å². The number of carbonyl (C=O) groups excluding carboxylic acids is 1. The summed E-state index contributed by atoms with van der Waals surface area (Å²) in [6.45, 7) is 3.52.